The number of rotatable bonds is 6. The molecule has 1 aliphatic heterocycles. The lowest BCUT2D eigenvalue weighted by Crippen LogP contribution is -2.35. The quantitative estimate of drug-likeness (QED) is 0.859. The van der Waals surface area contributed by atoms with Crippen molar-refractivity contribution >= 4 is 11.6 Å². The van der Waals surface area contributed by atoms with Crippen LogP contribution in [0.5, 0.6) is 0 Å². The van der Waals surface area contributed by atoms with E-state index in [9.17, 15) is 4.79 Å². The Morgan fingerprint density at radius 1 is 1.23 bits per heavy atom. The van der Waals surface area contributed by atoms with Crippen LogP contribution >= 0.6 is 0 Å². The van der Waals surface area contributed by atoms with Gasteiger partial charge in [0, 0.05) is 18.3 Å². The molecule has 1 fully saturated rings. The van der Waals surface area contributed by atoms with Gasteiger partial charge in [-0.2, -0.15) is 5.26 Å². The topological polar surface area (TPSA) is 69.0 Å². The first-order valence-corrected chi connectivity index (χ1v) is 9.21. The zero-order valence-electron chi connectivity index (χ0n) is 14.9. The van der Waals surface area contributed by atoms with Crippen molar-refractivity contribution in [1.29, 1.82) is 5.26 Å². The van der Waals surface area contributed by atoms with E-state index in [1.807, 2.05) is 18.3 Å². The van der Waals surface area contributed by atoms with Crippen molar-refractivity contribution in [3.8, 4) is 6.07 Å². The van der Waals surface area contributed by atoms with Gasteiger partial charge in [-0.25, -0.2) is 0 Å². The fourth-order valence-electron chi connectivity index (χ4n) is 3.46. The zero-order chi connectivity index (χ0) is 18.2. The molecule has 0 unspecified atom stereocenters. The molecule has 0 saturated carbocycles. The van der Waals surface area contributed by atoms with E-state index in [0.717, 1.165) is 37.3 Å². The van der Waals surface area contributed by atoms with Gasteiger partial charge in [0.15, 0.2) is 0 Å². The van der Waals surface area contributed by atoms with Gasteiger partial charge in [-0.3, -0.25) is 14.7 Å². The molecule has 26 heavy (non-hydrogen) atoms. The molecule has 1 aromatic carbocycles. The molecule has 2 heterocycles. The van der Waals surface area contributed by atoms with Gasteiger partial charge in [0.2, 0.25) is 5.91 Å². The first-order chi connectivity index (χ1) is 12.8. The highest BCUT2D eigenvalue weighted by Gasteiger charge is 2.24. The average molecular weight is 348 g/mol. The lowest BCUT2D eigenvalue weighted by Gasteiger charge is -2.35. The maximum atomic E-state index is 12.2. The number of likely N-dealkylation sites (tertiary alicyclic amines) is 1. The van der Waals surface area contributed by atoms with Crippen LogP contribution in [0.2, 0.25) is 0 Å². The third-order valence-corrected chi connectivity index (χ3v) is 4.79. The van der Waals surface area contributed by atoms with Gasteiger partial charge >= 0.3 is 0 Å². The molecular formula is C21H24N4O. The third-order valence-electron chi connectivity index (χ3n) is 4.79. The summed E-state index contributed by atoms with van der Waals surface area (Å²) in [6.07, 6.45) is 6.75. The van der Waals surface area contributed by atoms with Crippen LogP contribution in [0.15, 0.2) is 48.7 Å². The van der Waals surface area contributed by atoms with E-state index in [0.29, 0.717) is 18.0 Å². The summed E-state index contributed by atoms with van der Waals surface area (Å²) in [5, 5.41) is 11.7. The minimum Gasteiger partial charge on any atom is -0.326 e. The number of piperidine rings is 1. The van der Waals surface area contributed by atoms with Gasteiger partial charge in [-0.15, -0.1) is 0 Å². The van der Waals surface area contributed by atoms with Gasteiger partial charge in [0.1, 0.15) is 0 Å². The molecule has 5 heteroatoms. The minimum atomic E-state index is 0.0149. The molecule has 1 aliphatic rings. The molecular weight excluding hydrogens is 324 g/mol. The van der Waals surface area contributed by atoms with Crippen molar-refractivity contribution in [2.75, 3.05) is 18.4 Å². The maximum absolute atomic E-state index is 12.2. The second kappa shape index (κ2) is 9.12. The summed E-state index contributed by atoms with van der Waals surface area (Å²) in [4.78, 5) is 19.1. The fourth-order valence-corrected chi connectivity index (χ4v) is 3.46. The molecule has 2 aromatic rings. The Balaban J connectivity index is 1.48. The van der Waals surface area contributed by atoms with E-state index in [4.69, 9.17) is 5.26 Å². The van der Waals surface area contributed by atoms with Crippen LogP contribution in [-0.4, -0.2) is 28.9 Å². The van der Waals surface area contributed by atoms with Crippen molar-refractivity contribution in [1.82, 2.24) is 9.88 Å². The van der Waals surface area contributed by atoms with Crippen LogP contribution in [-0.2, 0) is 4.79 Å². The summed E-state index contributed by atoms with van der Waals surface area (Å²) in [6, 6.07) is 15.5. The number of nitrogens with zero attached hydrogens (tertiary/aromatic N) is 3. The van der Waals surface area contributed by atoms with Crippen molar-refractivity contribution < 1.29 is 4.79 Å². The number of aromatic nitrogens is 1. The lowest BCUT2D eigenvalue weighted by atomic mass is 9.98. The number of carbonyl (C=O) groups excluding carboxylic acids is 1. The number of pyridine rings is 1. The summed E-state index contributed by atoms with van der Waals surface area (Å²) in [6.45, 7) is 1.97. The second-order valence-corrected chi connectivity index (χ2v) is 6.64. The number of benzene rings is 1. The molecule has 0 spiro atoms. The van der Waals surface area contributed by atoms with E-state index in [1.54, 1.807) is 24.3 Å². The maximum Gasteiger partial charge on any atom is 0.224 e. The number of hydrogen-bond acceptors (Lipinski definition) is 4. The Hall–Kier alpha value is -2.71. The number of anilines is 1. The monoisotopic (exact) mass is 348 g/mol. The molecule has 0 radical (unpaired) electrons. The Kier molecular flexibility index (Phi) is 6.34. The summed E-state index contributed by atoms with van der Waals surface area (Å²) in [5.41, 5.74) is 2.46. The molecule has 3 rings (SSSR count). The van der Waals surface area contributed by atoms with Crippen LogP contribution in [0.25, 0.3) is 0 Å². The Labute approximate surface area is 154 Å². The molecule has 1 atom stereocenters. The standard InChI is InChI=1S/C21H24N4O/c22-16-17-9-11-18(12-10-17)24-21(26)8-5-15-25-14-4-2-7-20(25)19-6-1-3-13-23-19/h1,3,6,9-13,20H,2,4-5,7-8,14-15H2,(H,24,26)/t20-/m0/s1. The predicted molar refractivity (Wildman–Crippen MR) is 101 cm³/mol. The molecule has 1 saturated heterocycles. The highest BCUT2D eigenvalue weighted by molar-refractivity contribution is 5.90. The van der Waals surface area contributed by atoms with Crippen LogP contribution < -0.4 is 5.32 Å². The first-order valence-electron chi connectivity index (χ1n) is 9.21. The van der Waals surface area contributed by atoms with Crippen molar-refractivity contribution in [2.24, 2.45) is 0 Å². The zero-order valence-corrected chi connectivity index (χ0v) is 14.9. The van der Waals surface area contributed by atoms with Gasteiger partial charge in [-0.1, -0.05) is 12.5 Å². The summed E-state index contributed by atoms with van der Waals surface area (Å²) in [7, 11) is 0. The molecule has 1 aromatic heterocycles. The van der Waals surface area contributed by atoms with Crippen LogP contribution in [0.4, 0.5) is 5.69 Å². The minimum absolute atomic E-state index is 0.0149. The second-order valence-electron chi connectivity index (χ2n) is 6.64. The third kappa shape index (κ3) is 4.90. The Bertz CT molecular complexity index is 752. The molecule has 5 nitrogen and oxygen atoms in total. The van der Waals surface area contributed by atoms with E-state index in [2.05, 4.69) is 27.3 Å². The molecule has 1 N–H and O–H groups in total. The van der Waals surface area contributed by atoms with Gasteiger partial charge in [-0.05, 0) is 68.8 Å². The van der Waals surface area contributed by atoms with E-state index in [-0.39, 0.29) is 5.91 Å². The van der Waals surface area contributed by atoms with Gasteiger partial charge < -0.3 is 5.32 Å². The Morgan fingerprint density at radius 2 is 2.08 bits per heavy atom. The van der Waals surface area contributed by atoms with Crippen LogP contribution in [0.1, 0.15) is 49.4 Å². The number of carbonyl (C=O) groups is 1. The van der Waals surface area contributed by atoms with Crippen molar-refractivity contribution in [2.45, 2.75) is 38.1 Å². The highest BCUT2D eigenvalue weighted by Crippen LogP contribution is 2.29. The lowest BCUT2D eigenvalue weighted by molar-refractivity contribution is -0.116. The van der Waals surface area contributed by atoms with Crippen molar-refractivity contribution in [3.63, 3.8) is 0 Å². The van der Waals surface area contributed by atoms with Crippen LogP contribution in [0.3, 0.4) is 0 Å². The SMILES string of the molecule is N#Cc1ccc(NC(=O)CCCN2CCCC[C@H]2c2ccccn2)cc1. The Morgan fingerprint density at radius 3 is 2.81 bits per heavy atom. The number of nitriles is 1. The number of nitrogens with one attached hydrogen (secondary N) is 1. The summed E-state index contributed by atoms with van der Waals surface area (Å²) < 4.78 is 0. The first kappa shape index (κ1) is 18.1. The average Bonchev–Trinajstić information content (AvgIpc) is 2.69. The summed E-state index contributed by atoms with van der Waals surface area (Å²) in [5.74, 6) is 0.0149. The molecule has 134 valence electrons. The van der Waals surface area contributed by atoms with E-state index < -0.39 is 0 Å². The van der Waals surface area contributed by atoms with Crippen molar-refractivity contribution in [3.05, 3.63) is 59.9 Å². The normalized spacial score (nSPS) is 17.4. The molecule has 0 bridgehead atoms. The summed E-state index contributed by atoms with van der Waals surface area (Å²) >= 11 is 0. The highest BCUT2D eigenvalue weighted by atomic mass is 16.1. The smallest absolute Gasteiger partial charge is 0.224 e. The van der Waals surface area contributed by atoms with E-state index in [1.165, 1.54) is 12.8 Å². The fraction of sp³-hybridized carbons (Fsp3) is 0.381. The molecule has 0 aliphatic carbocycles. The number of hydrogen-bond donors (Lipinski definition) is 1. The predicted octanol–water partition coefficient (Wildman–Crippen LogP) is 3.90. The largest absolute Gasteiger partial charge is 0.326 e. The molecule has 1 amide bonds. The van der Waals surface area contributed by atoms with E-state index >= 15 is 0 Å². The van der Waals surface area contributed by atoms with Crippen LogP contribution in [0, 0.1) is 11.3 Å². The number of amides is 1. The van der Waals surface area contributed by atoms with Gasteiger partial charge in [0.05, 0.1) is 23.4 Å². The van der Waals surface area contributed by atoms with Gasteiger partial charge in [0.25, 0.3) is 0 Å².